The molecule has 1 saturated heterocycles. The molecule has 0 bridgehead atoms. The minimum Gasteiger partial charge on any atom is -0.300 e. The zero-order valence-corrected chi connectivity index (χ0v) is 12.5. The van der Waals surface area contributed by atoms with Crippen LogP contribution in [0.1, 0.15) is 62.1 Å². The quantitative estimate of drug-likeness (QED) is 0.719. The Balaban J connectivity index is 1.74. The Morgan fingerprint density at radius 2 is 1.68 bits per heavy atom. The molecular formula is C18H27N. The minimum atomic E-state index is 0.655. The fourth-order valence-corrected chi connectivity index (χ4v) is 3.74. The Morgan fingerprint density at radius 1 is 1.00 bits per heavy atom. The average Bonchev–Trinajstić information content (AvgIpc) is 2.85. The van der Waals surface area contributed by atoms with Crippen LogP contribution in [0.15, 0.2) is 18.2 Å². The normalized spacial score (nSPS) is 24.5. The molecule has 0 aromatic heterocycles. The molecule has 0 unspecified atom stereocenters. The lowest BCUT2D eigenvalue weighted by atomic mass is 9.95. The molecule has 3 rings (SSSR count). The SMILES string of the molecule is CC(C)c1ccc2c(c1)CC[C@@H](N1CCCC1)CC2. The van der Waals surface area contributed by atoms with Crippen LogP contribution in [-0.2, 0) is 12.8 Å². The van der Waals surface area contributed by atoms with Gasteiger partial charge in [0.25, 0.3) is 0 Å². The molecule has 1 aliphatic heterocycles. The molecule has 2 aliphatic rings. The Hall–Kier alpha value is -0.820. The molecule has 1 fully saturated rings. The minimum absolute atomic E-state index is 0.655. The average molecular weight is 257 g/mol. The molecular weight excluding hydrogens is 230 g/mol. The summed E-state index contributed by atoms with van der Waals surface area (Å²) in [7, 11) is 0. The lowest BCUT2D eigenvalue weighted by molar-refractivity contribution is 0.222. The van der Waals surface area contributed by atoms with Gasteiger partial charge in [0.1, 0.15) is 0 Å². The van der Waals surface area contributed by atoms with Crippen molar-refractivity contribution in [3.05, 3.63) is 34.9 Å². The fraction of sp³-hybridized carbons (Fsp3) is 0.667. The van der Waals surface area contributed by atoms with Crippen LogP contribution in [-0.4, -0.2) is 24.0 Å². The van der Waals surface area contributed by atoms with Gasteiger partial charge in [-0.25, -0.2) is 0 Å². The number of nitrogens with zero attached hydrogens (tertiary/aromatic N) is 1. The molecule has 1 aliphatic carbocycles. The van der Waals surface area contributed by atoms with Gasteiger partial charge in [0.2, 0.25) is 0 Å². The summed E-state index contributed by atoms with van der Waals surface area (Å²) >= 11 is 0. The van der Waals surface area contributed by atoms with E-state index >= 15 is 0 Å². The second-order valence-corrected chi connectivity index (χ2v) is 6.66. The molecule has 0 saturated carbocycles. The van der Waals surface area contributed by atoms with Crippen molar-refractivity contribution in [2.24, 2.45) is 0 Å². The first-order chi connectivity index (χ1) is 9.24. The van der Waals surface area contributed by atoms with Crippen molar-refractivity contribution in [1.29, 1.82) is 0 Å². The number of hydrogen-bond acceptors (Lipinski definition) is 1. The Kier molecular flexibility index (Phi) is 3.93. The largest absolute Gasteiger partial charge is 0.300 e. The van der Waals surface area contributed by atoms with Crippen LogP contribution in [0.5, 0.6) is 0 Å². The number of rotatable bonds is 2. The van der Waals surface area contributed by atoms with E-state index in [2.05, 4.69) is 36.9 Å². The Labute approximate surface area is 118 Å². The highest BCUT2D eigenvalue weighted by Crippen LogP contribution is 2.28. The molecule has 0 spiro atoms. The fourth-order valence-electron chi connectivity index (χ4n) is 3.74. The summed E-state index contributed by atoms with van der Waals surface area (Å²) in [4.78, 5) is 2.75. The van der Waals surface area contributed by atoms with Gasteiger partial charge >= 0.3 is 0 Å². The van der Waals surface area contributed by atoms with E-state index in [0.29, 0.717) is 5.92 Å². The van der Waals surface area contributed by atoms with Crippen LogP contribution >= 0.6 is 0 Å². The maximum Gasteiger partial charge on any atom is 0.0102 e. The zero-order chi connectivity index (χ0) is 13.2. The van der Waals surface area contributed by atoms with Gasteiger partial charge in [0.15, 0.2) is 0 Å². The molecule has 1 nitrogen and oxygen atoms in total. The van der Waals surface area contributed by atoms with E-state index < -0.39 is 0 Å². The monoisotopic (exact) mass is 257 g/mol. The molecule has 1 heterocycles. The third-order valence-corrected chi connectivity index (χ3v) is 5.05. The van der Waals surface area contributed by atoms with Crippen LogP contribution in [0.25, 0.3) is 0 Å². The van der Waals surface area contributed by atoms with Crippen molar-refractivity contribution in [3.8, 4) is 0 Å². The molecule has 1 aromatic carbocycles. The third-order valence-electron chi connectivity index (χ3n) is 5.05. The lowest BCUT2D eigenvalue weighted by Crippen LogP contribution is -2.32. The van der Waals surface area contributed by atoms with Crippen LogP contribution in [0.4, 0.5) is 0 Å². The maximum absolute atomic E-state index is 2.75. The Bertz CT molecular complexity index is 429. The molecule has 104 valence electrons. The maximum atomic E-state index is 2.75. The van der Waals surface area contributed by atoms with Crippen molar-refractivity contribution in [2.75, 3.05) is 13.1 Å². The van der Waals surface area contributed by atoms with E-state index in [1.807, 2.05) is 0 Å². The predicted octanol–water partition coefficient (Wildman–Crippen LogP) is 4.15. The second-order valence-electron chi connectivity index (χ2n) is 6.66. The number of aryl methyl sites for hydroxylation is 2. The molecule has 1 heteroatoms. The summed E-state index contributed by atoms with van der Waals surface area (Å²) in [6.45, 7) is 7.29. The van der Waals surface area contributed by atoms with Gasteiger partial charge in [-0.15, -0.1) is 0 Å². The van der Waals surface area contributed by atoms with E-state index in [1.165, 1.54) is 57.2 Å². The standard InChI is InChI=1S/C18H27N/c1-14(2)16-6-5-15-7-9-18(10-8-17(15)13-16)19-11-3-4-12-19/h5-6,13-14,18H,3-4,7-12H2,1-2H3/t18-/m0/s1. The highest BCUT2D eigenvalue weighted by atomic mass is 15.2. The summed E-state index contributed by atoms with van der Waals surface area (Å²) < 4.78 is 0. The van der Waals surface area contributed by atoms with Gasteiger partial charge in [0.05, 0.1) is 0 Å². The highest BCUT2D eigenvalue weighted by molar-refractivity contribution is 5.34. The summed E-state index contributed by atoms with van der Waals surface area (Å²) in [6.07, 6.45) is 8.15. The van der Waals surface area contributed by atoms with E-state index in [4.69, 9.17) is 0 Å². The first-order valence-electron chi connectivity index (χ1n) is 8.10. The number of benzene rings is 1. The van der Waals surface area contributed by atoms with Crippen molar-refractivity contribution in [1.82, 2.24) is 4.90 Å². The zero-order valence-electron chi connectivity index (χ0n) is 12.5. The van der Waals surface area contributed by atoms with Gasteiger partial charge < -0.3 is 4.90 Å². The lowest BCUT2D eigenvalue weighted by Gasteiger charge is -2.26. The van der Waals surface area contributed by atoms with Gasteiger partial charge in [-0.1, -0.05) is 32.0 Å². The van der Waals surface area contributed by atoms with E-state index in [-0.39, 0.29) is 0 Å². The molecule has 1 aromatic rings. The topological polar surface area (TPSA) is 3.24 Å². The van der Waals surface area contributed by atoms with Gasteiger partial charge in [-0.05, 0) is 74.2 Å². The van der Waals surface area contributed by atoms with E-state index in [1.54, 1.807) is 11.1 Å². The van der Waals surface area contributed by atoms with Crippen molar-refractivity contribution in [3.63, 3.8) is 0 Å². The van der Waals surface area contributed by atoms with Crippen molar-refractivity contribution < 1.29 is 0 Å². The number of hydrogen-bond donors (Lipinski definition) is 0. The second kappa shape index (κ2) is 5.66. The van der Waals surface area contributed by atoms with Gasteiger partial charge in [-0.2, -0.15) is 0 Å². The summed E-state index contributed by atoms with van der Waals surface area (Å²) in [6, 6.07) is 8.07. The predicted molar refractivity (Wildman–Crippen MR) is 81.8 cm³/mol. The Morgan fingerprint density at radius 3 is 2.37 bits per heavy atom. The third kappa shape index (κ3) is 2.86. The van der Waals surface area contributed by atoms with Crippen LogP contribution in [0.3, 0.4) is 0 Å². The summed E-state index contributed by atoms with van der Waals surface area (Å²) in [5.74, 6) is 0.655. The van der Waals surface area contributed by atoms with Crippen LogP contribution in [0, 0.1) is 0 Å². The van der Waals surface area contributed by atoms with Gasteiger partial charge in [-0.3, -0.25) is 0 Å². The molecule has 0 amide bonds. The highest BCUT2D eigenvalue weighted by Gasteiger charge is 2.24. The van der Waals surface area contributed by atoms with Crippen molar-refractivity contribution in [2.45, 2.75) is 64.3 Å². The first-order valence-corrected chi connectivity index (χ1v) is 8.10. The van der Waals surface area contributed by atoms with E-state index in [0.717, 1.165) is 6.04 Å². The first kappa shape index (κ1) is 13.2. The van der Waals surface area contributed by atoms with Gasteiger partial charge in [0, 0.05) is 6.04 Å². The summed E-state index contributed by atoms with van der Waals surface area (Å²) in [5.41, 5.74) is 4.76. The van der Waals surface area contributed by atoms with E-state index in [9.17, 15) is 0 Å². The van der Waals surface area contributed by atoms with Crippen molar-refractivity contribution >= 4 is 0 Å². The molecule has 0 N–H and O–H groups in total. The van der Waals surface area contributed by atoms with Crippen LogP contribution in [0.2, 0.25) is 0 Å². The number of likely N-dealkylation sites (tertiary alicyclic amines) is 1. The molecule has 0 radical (unpaired) electrons. The van der Waals surface area contributed by atoms with Crippen LogP contribution < -0.4 is 0 Å². The molecule has 19 heavy (non-hydrogen) atoms. The summed E-state index contributed by atoms with van der Waals surface area (Å²) in [5, 5.41) is 0. The number of fused-ring (bicyclic) bond motifs is 1. The smallest absolute Gasteiger partial charge is 0.0102 e. The molecule has 1 atom stereocenters.